The van der Waals surface area contributed by atoms with E-state index in [0.717, 1.165) is 45.0 Å². The van der Waals surface area contributed by atoms with Crippen molar-refractivity contribution in [3.05, 3.63) is 29.8 Å². The van der Waals surface area contributed by atoms with Crippen LogP contribution in [0.25, 0.3) is 0 Å². The Hall–Kier alpha value is -1.39. The van der Waals surface area contributed by atoms with Crippen molar-refractivity contribution in [1.29, 1.82) is 0 Å². The van der Waals surface area contributed by atoms with Gasteiger partial charge in [0, 0.05) is 12.2 Å². The number of hydrogen-bond acceptors (Lipinski definition) is 2. The molecule has 3 rings (SSSR count). The molecule has 0 aromatic heterocycles. The highest BCUT2D eigenvalue weighted by molar-refractivity contribution is 5.96. The molecular weight excluding hydrogens is 228 g/mol. The van der Waals surface area contributed by atoms with E-state index in [4.69, 9.17) is 4.74 Å². The summed E-state index contributed by atoms with van der Waals surface area (Å²) in [4.78, 5) is 15.6. The van der Waals surface area contributed by atoms with Gasteiger partial charge in [-0.3, -0.25) is 4.79 Å². The summed E-state index contributed by atoms with van der Waals surface area (Å²) in [6.45, 7) is 4.88. The molecule has 2 heterocycles. The first-order valence-electron chi connectivity index (χ1n) is 6.64. The van der Waals surface area contributed by atoms with Gasteiger partial charge >= 0.3 is 0 Å². The van der Waals surface area contributed by atoms with Crippen LogP contribution in [0, 0.1) is 0 Å². The molecule has 0 aliphatic carbocycles. The molecule has 1 aromatic rings. The Balaban J connectivity index is 1.67. The zero-order valence-electron chi connectivity index (χ0n) is 10.5. The van der Waals surface area contributed by atoms with Gasteiger partial charge in [0.15, 0.2) is 6.54 Å². The monoisotopic (exact) mass is 247 g/mol. The molecule has 0 saturated carbocycles. The van der Waals surface area contributed by atoms with Crippen LogP contribution in [0.2, 0.25) is 0 Å². The second-order valence-corrected chi connectivity index (χ2v) is 4.96. The Morgan fingerprint density at radius 3 is 2.89 bits per heavy atom. The Bertz CT molecular complexity index is 441. The van der Waals surface area contributed by atoms with E-state index in [0.29, 0.717) is 6.54 Å². The van der Waals surface area contributed by atoms with Crippen molar-refractivity contribution >= 4 is 11.6 Å². The summed E-state index contributed by atoms with van der Waals surface area (Å²) in [6, 6.07) is 8.21. The highest BCUT2D eigenvalue weighted by atomic mass is 16.5. The number of hydrogen-bond donors (Lipinski definition) is 1. The number of nitrogens with zero attached hydrogens (tertiary/aromatic N) is 1. The summed E-state index contributed by atoms with van der Waals surface area (Å²) in [5.41, 5.74) is 2.40. The standard InChI is InChI=1S/C14H18N2O2/c17-14(11-15-7-9-18-10-8-15)16-6-5-12-3-1-2-4-13(12)16/h1-4H,5-11H2/p+1. The number of para-hydroxylation sites is 1. The van der Waals surface area contributed by atoms with Crippen LogP contribution in [-0.2, 0) is 16.0 Å². The van der Waals surface area contributed by atoms with Gasteiger partial charge in [-0.05, 0) is 18.1 Å². The molecule has 4 nitrogen and oxygen atoms in total. The Labute approximate surface area is 107 Å². The lowest BCUT2D eigenvalue weighted by Crippen LogP contribution is -3.15. The van der Waals surface area contributed by atoms with E-state index in [-0.39, 0.29) is 5.91 Å². The summed E-state index contributed by atoms with van der Waals surface area (Å²) in [5.74, 6) is 0.247. The third-order valence-electron chi connectivity index (χ3n) is 3.79. The number of rotatable bonds is 2. The molecule has 0 radical (unpaired) electrons. The van der Waals surface area contributed by atoms with Crippen LogP contribution in [0.15, 0.2) is 24.3 Å². The average Bonchev–Trinajstić information content (AvgIpc) is 2.84. The number of carbonyl (C=O) groups excluding carboxylic acids is 1. The fourth-order valence-electron chi connectivity index (χ4n) is 2.74. The molecule has 2 aliphatic rings. The normalized spacial score (nSPS) is 19.9. The highest BCUT2D eigenvalue weighted by Gasteiger charge is 2.27. The Morgan fingerprint density at radius 1 is 1.28 bits per heavy atom. The summed E-state index contributed by atoms with van der Waals surface area (Å²) >= 11 is 0. The molecule has 1 N–H and O–H groups in total. The first kappa shape index (κ1) is 11.7. The summed E-state index contributed by atoms with van der Waals surface area (Å²) in [6.07, 6.45) is 0.986. The predicted octanol–water partition coefficient (Wildman–Crippen LogP) is -0.509. The van der Waals surface area contributed by atoms with Crippen LogP contribution >= 0.6 is 0 Å². The Morgan fingerprint density at radius 2 is 2.06 bits per heavy atom. The van der Waals surface area contributed by atoms with Gasteiger partial charge in [0.1, 0.15) is 13.1 Å². The number of quaternary nitrogens is 1. The van der Waals surface area contributed by atoms with E-state index >= 15 is 0 Å². The van der Waals surface area contributed by atoms with E-state index in [2.05, 4.69) is 12.1 Å². The lowest BCUT2D eigenvalue weighted by Gasteiger charge is -2.25. The van der Waals surface area contributed by atoms with Crippen molar-refractivity contribution < 1.29 is 14.4 Å². The first-order valence-corrected chi connectivity index (χ1v) is 6.64. The van der Waals surface area contributed by atoms with Gasteiger partial charge in [0.05, 0.1) is 13.2 Å². The molecule has 1 aromatic carbocycles. The third kappa shape index (κ3) is 2.26. The zero-order chi connectivity index (χ0) is 12.4. The van der Waals surface area contributed by atoms with E-state index < -0.39 is 0 Å². The van der Waals surface area contributed by atoms with Gasteiger partial charge in [-0.2, -0.15) is 0 Å². The van der Waals surface area contributed by atoms with Crippen LogP contribution in [0.5, 0.6) is 0 Å². The van der Waals surface area contributed by atoms with Crippen LogP contribution in [0.1, 0.15) is 5.56 Å². The maximum absolute atomic E-state index is 12.3. The van der Waals surface area contributed by atoms with Gasteiger partial charge in [0.25, 0.3) is 5.91 Å². The third-order valence-corrected chi connectivity index (χ3v) is 3.79. The molecule has 2 aliphatic heterocycles. The van der Waals surface area contributed by atoms with Crippen LogP contribution in [0.3, 0.4) is 0 Å². The fraction of sp³-hybridized carbons (Fsp3) is 0.500. The van der Waals surface area contributed by atoms with Crippen molar-refractivity contribution in [1.82, 2.24) is 0 Å². The van der Waals surface area contributed by atoms with Crippen molar-refractivity contribution in [2.75, 3.05) is 44.3 Å². The molecule has 96 valence electrons. The SMILES string of the molecule is O=C(C[NH+]1CCOCC1)N1CCc2ccccc21. The van der Waals surface area contributed by atoms with Gasteiger partial charge in [-0.1, -0.05) is 18.2 Å². The number of benzene rings is 1. The molecule has 0 atom stereocenters. The number of anilines is 1. The quantitative estimate of drug-likeness (QED) is 0.764. The van der Waals surface area contributed by atoms with Crippen LogP contribution in [-0.4, -0.2) is 45.3 Å². The van der Waals surface area contributed by atoms with Gasteiger partial charge < -0.3 is 14.5 Å². The van der Waals surface area contributed by atoms with Gasteiger partial charge in [-0.15, -0.1) is 0 Å². The number of carbonyl (C=O) groups is 1. The summed E-state index contributed by atoms with van der Waals surface area (Å²) in [5, 5.41) is 0. The lowest BCUT2D eigenvalue weighted by atomic mass is 10.2. The first-order chi connectivity index (χ1) is 8.84. The molecular formula is C14H19N2O2+. The van der Waals surface area contributed by atoms with E-state index in [1.165, 1.54) is 10.5 Å². The van der Waals surface area contributed by atoms with Gasteiger partial charge in [-0.25, -0.2) is 0 Å². The van der Waals surface area contributed by atoms with Crippen molar-refractivity contribution in [2.45, 2.75) is 6.42 Å². The van der Waals surface area contributed by atoms with Crippen molar-refractivity contribution in [3.8, 4) is 0 Å². The maximum atomic E-state index is 12.3. The van der Waals surface area contributed by atoms with Crippen LogP contribution in [0.4, 0.5) is 5.69 Å². The molecule has 0 unspecified atom stereocenters. The van der Waals surface area contributed by atoms with Crippen molar-refractivity contribution in [2.24, 2.45) is 0 Å². The number of amides is 1. The molecule has 18 heavy (non-hydrogen) atoms. The predicted molar refractivity (Wildman–Crippen MR) is 68.9 cm³/mol. The number of morpholine rings is 1. The van der Waals surface area contributed by atoms with Gasteiger partial charge in [0.2, 0.25) is 0 Å². The number of fused-ring (bicyclic) bond motifs is 1. The lowest BCUT2D eigenvalue weighted by molar-refractivity contribution is -0.900. The molecule has 4 heteroatoms. The molecule has 0 bridgehead atoms. The number of nitrogens with one attached hydrogen (secondary N) is 1. The molecule has 1 fully saturated rings. The zero-order valence-corrected chi connectivity index (χ0v) is 10.5. The molecule has 1 saturated heterocycles. The smallest absolute Gasteiger partial charge is 0.282 e. The number of ether oxygens (including phenoxy) is 1. The Kier molecular flexibility index (Phi) is 3.30. The maximum Gasteiger partial charge on any atom is 0.282 e. The molecule has 1 amide bonds. The summed E-state index contributed by atoms with van der Waals surface area (Å²) in [7, 11) is 0. The second kappa shape index (κ2) is 5.08. The van der Waals surface area contributed by atoms with E-state index in [9.17, 15) is 4.79 Å². The highest BCUT2D eigenvalue weighted by Crippen LogP contribution is 2.26. The minimum Gasteiger partial charge on any atom is -0.370 e. The summed E-state index contributed by atoms with van der Waals surface area (Å²) < 4.78 is 5.32. The second-order valence-electron chi connectivity index (χ2n) is 4.96. The topological polar surface area (TPSA) is 34.0 Å². The fourth-order valence-corrected chi connectivity index (χ4v) is 2.74. The van der Waals surface area contributed by atoms with Crippen molar-refractivity contribution in [3.63, 3.8) is 0 Å². The van der Waals surface area contributed by atoms with E-state index in [1.807, 2.05) is 17.0 Å². The van der Waals surface area contributed by atoms with Crippen LogP contribution < -0.4 is 9.80 Å². The van der Waals surface area contributed by atoms with E-state index in [1.54, 1.807) is 0 Å². The minimum atomic E-state index is 0.247. The minimum absolute atomic E-state index is 0.247. The molecule has 0 spiro atoms. The average molecular weight is 247 g/mol. The largest absolute Gasteiger partial charge is 0.370 e.